The fraction of sp³-hybridized carbons (Fsp3) is 0.222. The number of fused-ring (bicyclic) bond motifs is 1. The van der Waals surface area contributed by atoms with E-state index in [1.54, 1.807) is 11.0 Å². The van der Waals surface area contributed by atoms with Crippen LogP contribution in [0.2, 0.25) is 10.0 Å². The molecule has 1 saturated heterocycles. The number of thioether (sulfide) groups is 1. The van der Waals surface area contributed by atoms with Crippen molar-refractivity contribution in [3.8, 4) is 0 Å². The maximum atomic E-state index is 13.1. The van der Waals surface area contributed by atoms with Crippen molar-refractivity contribution in [2.45, 2.75) is 11.9 Å². The van der Waals surface area contributed by atoms with Crippen molar-refractivity contribution in [3.05, 3.63) is 64.1 Å². The van der Waals surface area contributed by atoms with Gasteiger partial charge in [0.15, 0.2) is 5.17 Å². The zero-order valence-electron chi connectivity index (χ0n) is 13.7. The quantitative estimate of drug-likeness (QED) is 0.815. The Kier molecular flexibility index (Phi) is 5.20. The first-order chi connectivity index (χ1) is 12.6. The van der Waals surface area contributed by atoms with Gasteiger partial charge in [0.1, 0.15) is 6.17 Å². The number of aliphatic imine (C=N–C) groups is 1. The second kappa shape index (κ2) is 7.58. The van der Waals surface area contributed by atoms with Crippen LogP contribution in [0.5, 0.6) is 0 Å². The number of nitrogens with zero attached hydrogens (tertiary/aromatic N) is 2. The van der Waals surface area contributed by atoms with Crippen molar-refractivity contribution in [1.82, 2.24) is 10.9 Å². The minimum atomic E-state index is -0.269. The van der Waals surface area contributed by atoms with E-state index in [0.717, 1.165) is 5.56 Å². The summed E-state index contributed by atoms with van der Waals surface area (Å²) in [5, 5.41) is 1.83. The summed E-state index contributed by atoms with van der Waals surface area (Å²) in [6.45, 7) is 0.538. The first kappa shape index (κ1) is 17.8. The Balaban J connectivity index is 1.67. The molecule has 0 aromatic heterocycles. The second-order valence-corrected chi connectivity index (χ2v) is 7.75. The molecule has 0 aliphatic carbocycles. The van der Waals surface area contributed by atoms with Gasteiger partial charge in [-0.25, -0.2) is 10.4 Å². The van der Waals surface area contributed by atoms with Crippen molar-refractivity contribution in [1.29, 1.82) is 0 Å². The average Bonchev–Trinajstić information content (AvgIpc) is 3.11. The highest BCUT2D eigenvalue weighted by Gasteiger charge is 2.42. The van der Waals surface area contributed by atoms with E-state index >= 15 is 0 Å². The van der Waals surface area contributed by atoms with Crippen LogP contribution in [0.15, 0.2) is 53.5 Å². The Hall–Kier alpha value is -1.57. The van der Waals surface area contributed by atoms with Crippen molar-refractivity contribution in [2.75, 3.05) is 11.4 Å². The normalized spacial score (nSPS) is 22.3. The van der Waals surface area contributed by atoms with Gasteiger partial charge in [0.25, 0.3) is 0 Å². The van der Waals surface area contributed by atoms with Crippen LogP contribution >= 0.6 is 35.0 Å². The molecule has 2 aliphatic rings. The van der Waals surface area contributed by atoms with Crippen LogP contribution in [0.4, 0.5) is 5.69 Å². The van der Waals surface area contributed by atoms with Crippen LogP contribution in [0, 0.1) is 5.92 Å². The number of hydrazine groups is 1. The van der Waals surface area contributed by atoms with E-state index in [1.165, 1.54) is 11.8 Å². The third-order valence-electron chi connectivity index (χ3n) is 4.34. The lowest BCUT2D eigenvalue weighted by molar-refractivity contribution is -0.121. The predicted molar refractivity (Wildman–Crippen MR) is 108 cm³/mol. The largest absolute Gasteiger partial charge is 0.274 e. The highest BCUT2D eigenvalue weighted by Crippen LogP contribution is 2.34. The highest BCUT2D eigenvalue weighted by atomic mass is 35.5. The summed E-state index contributed by atoms with van der Waals surface area (Å²) in [5.41, 5.74) is 7.72. The molecule has 134 valence electrons. The number of nitrogens with one attached hydrogen (secondary N) is 2. The lowest BCUT2D eigenvalue weighted by Crippen LogP contribution is -2.49. The lowest BCUT2D eigenvalue weighted by atomic mass is 10.0. The molecule has 2 aromatic carbocycles. The number of carbonyl (C=O) groups excluding carboxylic acids is 1. The molecule has 2 aliphatic heterocycles. The number of hydrogen-bond donors (Lipinski definition) is 2. The molecule has 2 aromatic rings. The summed E-state index contributed by atoms with van der Waals surface area (Å²) >= 11 is 14.1. The number of amidine groups is 1. The van der Waals surface area contributed by atoms with Gasteiger partial charge < -0.3 is 0 Å². The summed E-state index contributed by atoms with van der Waals surface area (Å²) in [5.74, 6) is 0.338. The molecule has 8 heteroatoms. The standard InChI is InChI=1S/C18H16Cl2N4OS/c19-13-6-2-1-5-11(13)10-26-18-22-16-12(9-21-23-16)17(25)24(18)15-8-4-3-7-14(15)20/h1-8,12,16,21,23H,9-10H2. The SMILES string of the molecule is O=C1C2CNNC2N=C(SCc2ccccc2Cl)N1c1ccccc1Cl. The van der Waals surface area contributed by atoms with E-state index in [4.69, 9.17) is 28.2 Å². The summed E-state index contributed by atoms with van der Waals surface area (Å²) in [4.78, 5) is 19.5. The fourth-order valence-electron chi connectivity index (χ4n) is 2.98. The zero-order valence-corrected chi connectivity index (χ0v) is 16.0. The van der Waals surface area contributed by atoms with E-state index in [1.807, 2.05) is 42.5 Å². The number of carbonyl (C=O) groups is 1. The summed E-state index contributed by atoms with van der Waals surface area (Å²) < 4.78 is 0. The monoisotopic (exact) mass is 406 g/mol. The van der Waals surface area contributed by atoms with Crippen LogP contribution in [-0.2, 0) is 10.5 Å². The highest BCUT2D eigenvalue weighted by molar-refractivity contribution is 8.13. The molecule has 2 N–H and O–H groups in total. The van der Waals surface area contributed by atoms with E-state index in [-0.39, 0.29) is 18.0 Å². The molecule has 2 heterocycles. The van der Waals surface area contributed by atoms with Gasteiger partial charge in [0.2, 0.25) is 5.91 Å². The average molecular weight is 407 g/mol. The topological polar surface area (TPSA) is 56.7 Å². The van der Waals surface area contributed by atoms with Crippen LogP contribution in [0.3, 0.4) is 0 Å². The van der Waals surface area contributed by atoms with E-state index < -0.39 is 0 Å². The number of para-hydroxylation sites is 1. The van der Waals surface area contributed by atoms with E-state index in [2.05, 4.69) is 10.9 Å². The number of anilines is 1. The van der Waals surface area contributed by atoms with Gasteiger partial charge in [-0.15, -0.1) is 0 Å². The molecular formula is C18H16Cl2N4OS. The van der Waals surface area contributed by atoms with Crippen molar-refractivity contribution in [3.63, 3.8) is 0 Å². The zero-order chi connectivity index (χ0) is 18.1. The molecule has 4 rings (SSSR count). The third-order valence-corrected chi connectivity index (χ3v) is 6.03. The predicted octanol–water partition coefficient (Wildman–Crippen LogP) is 3.68. The molecule has 2 unspecified atom stereocenters. The van der Waals surface area contributed by atoms with Gasteiger partial charge in [-0.1, -0.05) is 65.3 Å². The minimum absolute atomic E-state index is 0.0164. The third kappa shape index (κ3) is 3.35. The van der Waals surface area contributed by atoms with Crippen molar-refractivity contribution in [2.24, 2.45) is 10.9 Å². The van der Waals surface area contributed by atoms with Crippen LogP contribution in [0.25, 0.3) is 0 Å². The van der Waals surface area contributed by atoms with Crippen LogP contribution in [-0.4, -0.2) is 23.8 Å². The fourth-order valence-corrected chi connectivity index (χ4v) is 4.53. The summed E-state index contributed by atoms with van der Waals surface area (Å²) in [6, 6.07) is 15.0. The van der Waals surface area contributed by atoms with Crippen LogP contribution < -0.4 is 15.8 Å². The molecule has 0 radical (unpaired) electrons. The Bertz CT molecular complexity index is 876. The summed E-state index contributed by atoms with van der Waals surface area (Å²) in [6.07, 6.45) is -0.269. The second-order valence-electron chi connectivity index (χ2n) is 5.99. The lowest BCUT2D eigenvalue weighted by Gasteiger charge is -2.32. The molecule has 1 amide bonds. The van der Waals surface area contributed by atoms with E-state index in [9.17, 15) is 4.79 Å². The minimum Gasteiger partial charge on any atom is -0.274 e. The van der Waals surface area contributed by atoms with Gasteiger partial charge in [-0.3, -0.25) is 15.1 Å². The number of rotatable bonds is 3. The summed E-state index contributed by atoms with van der Waals surface area (Å²) in [7, 11) is 0. The molecule has 0 bridgehead atoms. The van der Waals surface area contributed by atoms with Gasteiger partial charge in [-0.05, 0) is 23.8 Å². The molecule has 0 spiro atoms. The number of halogens is 2. The Morgan fingerprint density at radius 3 is 2.62 bits per heavy atom. The molecule has 1 fully saturated rings. The van der Waals surface area contributed by atoms with Crippen molar-refractivity contribution < 1.29 is 4.79 Å². The first-order valence-corrected chi connectivity index (χ1v) is 9.90. The first-order valence-electron chi connectivity index (χ1n) is 8.16. The smallest absolute Gasteiger partial charge is 0.241 e. The van der Waals surface area contributed by atoms with Gasteiger partial charge >= 0.3 is 0 Å². The number of benzene rings is 2. The van der Waals surface area contributed by atoms with Gasteiger partial charge in [0.05, 0.1) is 16.6 Å². The van der Waals surface area contributed by atoms with Gasteiger partial charge in [0, 0.05) is 17.3 Å². The number of amides is 1. The van der Waals surface area contributed by atoms with E-state index in [0.29, 0.717) is 33.2 Å². The van der Waals surface area contributed by atoms with Crippen molar-refractivity contribution >= 4 is 51.7 Å². The molecule has 2 atom stereocenters. The Morgan fingerprint density at radius 1 is 1.12 bits per heavy atom. The maximum Gasteiger partial charge on any atom is 0.241 e. The molecule has 26 heavy (non-hydrogen) atoms. The Morgan fingerprint density at radius 2 is 1.85 bits per heavy atom. The molecule has 0 saturated carbocycles. The Labute approximate surface area is 165 Å². The molecule has 5 nitrogen and oxygen atoms in total. The van der Waals surface area contributed by atoms with Crippen LogP contribution in [0.1, 0.15) is 5.56 Å². The molecular weight excluding hydrogens is 391 g/mol. The van der Waals surface area contributed by atoms with Gasteiger partial charge in [-0.2, -0.15) is 0 Å². The maximum absolute atomic E-state index is 13.1. The number of hydrogen-bond acceptors (Lipinski definition) is 5.